The summed E-state index contributed by atoms with van der Waals surface area (Å²) in [5.74, 6) is 0.563. The summed E-state index contributed by atoms with van der Waals surface area (Å²) in [6, 6.07) is 2.07. The van der Waals surface area contributed by atoms with Crippen molar-refractivity contribution in [3.05, 3.63) is 31.9 Å². The molecule has 0 bridgehead atoms. The van der Waals surface area contributed by atoms with Crippen molar-refractivity contribution < 1.29 is 9.53 Å². The van der Waals surface area contributed by atoms with Gasteiger partial charge in [0.15, 0.2) is 0 Å². The number of pyridine rings is 1. The molecule has 7 nitrogen and oxygen atoms in total. The number of carbonyl (C=O) groups excluding carboxylic acids is 1. The van der Waals surface area contributed by atoms with Crippen LogP contribution in [0.1, 0.15) is 43.9 Å². The number of anilines is 1. The van der Waals surface area contributed by atoms with Crippen molar-refractivity contribution in [1.82, 2.24) is 9.47 Å². The zero-order valence-corrected chi connectivity index (χ0v) is 19.5. The molecule has 30 heavy (non-hydrogen) atoms. The van der Waals surface area contributed by atoms with Crippen molar-refractivity contribution in [2.24, 2.45) is 0 Å². The lowest BCUT2D eigenvalue weighted by Crippen LogP contribution is -2.48. The molecule has 0 radical (unpaired) electrons. The molecule has 2 saturated heterocycles. The molecule has 0 saturated carbocycles. The van der Waals surface area contributed by atoms with Gasteiger partial charge in [-0.15, -0.1) is 0 Å². The Balaban J connectivity index is 2.30. The average molecular weight is 447 g/mol. The molecular weight excluding hydrogens is 420 g/mol. The summed E-state index contributed by atoms with van der Waals surface area (Å²) >= 11 is 6.50. The number of morpholine rings is 1. The number of thioether (sulfide) groups is 1. The van der Waals surface area contributed by atoms with Gasteiger partial charge < -0.3 is 9.64 Å². The molecule has 1 aromatic rings. The number of carbonyl (C=O) groups is 1. The van der Waals surface area contributed by atoms with Crippen LogP contribution < -0.4 is 10.5 Å². The number of ether oxygens (including phenoxy) is 1. The van der Waals surface area contributed by atoms with E-state index in [0.29, 0.717) is 34.4 Å². The molecule has 0 spiro atoms. The monoisotopic (exact) mass is 446 g/mol. The fraction of sp³-hybridized carbons (Fsp3) is 0.524. The van der Waals surface area contributed by atoms with Crippen LogP contribution in [-0.4, -0.2) is 52.0 Å². The second-order valence-electron chi connectivity index (χ2n) is 7.71. The van der Waals surface area contributed by atoms with Crippen molar-refractivity contribution >= 4 is 46.1 Å². The number of aromatic nitrogens is 1. The Hall–Kier alpha value is -2.15. The second-order valence-corrected chi connectivity index (χ2v) is 9.38. The van der Waals surface area contributed by atoms with Crippen LogP contribution in [-0.2, 0) is 16.1 Å². The van der Waals surface area contributed by atoms with E-state index in [4.69, 9.17) is 17.0 Å². The maximum Gasteiger partial charge on any atom is 0.270 e. The van der Waals surface area contributed by atoms with E-state index in [1.165, 1.54) is 16.7 Å². The highest BCUT2D eigenvalue weighted by Gasteiger charge is 2.32. The number of hydrogen-bond acceptors (Lipinski definition) is 7. The third-order valence-electron chi connectivity index (χ3n) is 5.27. The van der Waals surface area contributed by atoms with Crippen LogP contribution in [0.3, 0.4) is 0 Å². The molecule has 1 aromatic heterocycles. The van der Waals surface area contributed by atoms with Gasteiger partial charge in [0.25, 0.3) is 11.5 Å². The summed E-state index contributed by atoms with van der Waals surface area (Å²) in [4.78, 5) is 29.9. The molecule has 1 amide bonds. The number of amides is 1. The molecule has 0 aliphatic carbocycles. The zero-order valence-electron chi connectivity index (χ0n) is 17.9. The van der Waals surface area contributed by atoms with Gasteiger partial charge in [0.2, 0.25) is 0 Å². The van der Waals surface area contributed by atoms with Crippen LogP contribution in [0.2, 0.25) is 0 Å². The van der Waals surface area contributed by atoms with Crippen LogP contribution in [0, 0.1) is 18.3 Å². The maximum absolute atomic E-state index is 13.2. The minimum absolute atomic E-state index is 0.00317. The van der Waals surface area contributed by atoms with E-state index < -0.39 is 0 Å². The number of nitriles is 1. The Labute approximate surface area is 186 Å². The minimum atomic E-state index is -0.293. The Morgan fingerprint density at radius 2 is 1.93 bits per heavy atom. The first kappa shape index (κ1) is 22.5. The van der Waals surface area contributed by atoms with E-state index in [1.54, 1.807) is 24.6 Å². The van der Waals surface area contributed by atoms with Crippen LogP contribution in [0.15, 0.2) is 9.70 Å². The molecule has 3 heterocycles. The molecule has 0 N–H and O–H groups in total. The summed E-state index contributed by atoms with van der Waals surface area (Å²) in [5.41, 5.74) is 1.12. The Kier molecular flexibility index (Phi) is 6.70. The smallest absolute Gasteiger partial charge is 0.270 e. The number of nitrogens with zero attached hydrogens (tertiary/aromatic N) is 4. The molecule has 2 fully saturated rings. The van der Waals surface area contributed by atoms with Crippen LogP contribution in [0.5, 0.6) is 0 Å². The SMILES string of the molecule is CCCn1c(N2CC(C)OC(C)C2)c(/C=C2/SC(=S)N(C)C2=O)c(C)c(C#N)c1=O. The second kappa shape index (κ2) is 8.92. The van der Waals surface area contributed by atoms with E-state index in [0.717, 1.165) is 17.8 Å². The largest absolute Gasteiger partial charge is 0.372 e. The molecule has 2 aliphatic rings. The molecule has 2 atom stereocenters. The summed E-state index contributed by atoms with van der Waals surface area (Å²) in [7, 11) is 1.65. The number of thiocarbonyl (C=S) groups is 1. The Morgan fingerprint density at radius 1 is 1.30 bits per heavy atom. The predicted molar refractivity (Wildman–Crippen MR) is 124 cm³/mol. The number of likely N-dealkylation sites (N-methyl/N-ethyl adjacent to an activating group) is 1. The van der Waals surface area contributed by atoms with Crippen molar-refractivity contribution in [1.29, 1.82) is 5.26 Å². The highest BCUT2D eigenvalue weighted by Crippen LogP contribution is 2.35. The molecule has 2 aliphatic heterocycles. The highest BCUT2D eigenvalue weighted by molar-refractivity contribution is 8.26. The van der Waals surface area contributed by atoms with Gasteiger partial charge >= 0.3 is 0 Å². The molecule has 2 unspecified atom stereocenters. The minimum Gasteiger partial charge on any atom is -0.372 e. The summed E-state index contributed by atoms with van der Waals surface area (Å²) in [6.07, 6.45) is 2.52. The van der Waals surface area contributed by atoms with Gasteiger partial charge in [0.05, 0.1) is 17.1 Å². The number of hydrogen-bond donors (Lipinski definition) is 0. The summed E-state index contributed by atoms with van der Waals surface area (Å²) in [5, 5.41) is 9.68. The van der Waals surface area contributed by atoms with Crippen molar-refractivity contribution in [2.75, 3.05) is 25.0 Å². The van der Waals surface area contributed by atoms with Gasteiger partial charge in [-0.25, -0.2) is 0 Å². The zero-order chi connectivity index (χ0) is 22.2. The van der Waals surface area contributed by atoms with Crippen molar-refractivity contribution in [3.63, 3.8) is 0 Å². The van der Waals surface area contributed by atoms with Crippen LogP contribution in [0.4, 0.5) is 5.82 Å². The van der Waals surface area contributed by atoms with Gasteiger partial charge in [-0.05, 0) is 38.8 Å². The fourth-order valence-corrected chi connectivity index (χ4v) is 5.10. The summed E-state index contributed by atoms with van der Waals surface area (Å²) in [6.45, 7) is 9.49. The van der Waals surface area contributed by atoms with E-state index >= 15 is 0 Å². The standard InChI is InChI=1S/C21H26N4O3S2/c1-6-7-25-18(24-10-12(2)28-13(3)11-24)15(14(4)16(9-22)19(25)26)8-17-20(27)23(5)21(29)30-17/h8,12-13H,6-7,10-11H2,1-5H3/b17-8+. The van der Waals surface area contributed by atoms with E-state index in [2.05, 4.69) is 11.0 Å². The topological polar surface area (TPSA) is 78.6 Å². The Bertz CT molecular complexity index is 1010. The lowest BCUT2D eigenvalue weighted by molar-refractivity contribution is -0.121. The molecule has 3 rings (SSSR count). The van der Waals surface area contributed by atoms with E-state index in [9.17, 15) is 14.9 Å². The van der Waals surface area contributed by atoms with E-state index in [-0.39, 0.29) is 29.2 Å². The van der Waals surface area contributed by atoms with Crippen LogP contribution in [0.25, 0.3) is 6.08 Å². The lowest BCUT2D eigenvalue weighted by Gasteiger charge is -2.39. The van der Waals surface area contributed by atoms with Gasteiger partial charge in [-0.2, -0.15) is 5.26 Å². The van der Waals surface area contributed by atoms with Crippen molar-refractivity contribution in [2.45, 2.75) is 52.9 Å². The van der Waals surface area contributed by atoms with Gasteiger partial charge in [-0.3, -0.25) is 19.1 Å². The normalized spacial score (nSPS) is 23.4. The first-order chi connectivity index (χ1) is 14.2. The molecule has 160 valence electrons. The average Bonchev–Trinajstić information content (AvgIpc) is 2.92. The van der Waals surface area contributed by atoms with Gasteiger partial charge in [-0.1, -0.05) is 30.9 Å². The highest BCUT2D eigenvalue weighted by atomic mass is 32.2. The maximum atomic E-state index is 13.2. The molecule has 9 heteroatoms. The first-order valence-electron chi connectivity index (χ1n) is 9.99. The third kappa shape index (κ3) is 4.04. The first-order valence-corrected chi connectivity index (χ1v) is 11.2. The van der Waals surface area contributed by atoms with Gasteiger partial charge in [0, 0.05) is 32.2 Å². The fourth-order valence-electron chi connectivity index (χ4n) is 3.94. The third-order valence-corrected chi connectivity index (χ3v) is 6.76. The van der Waals surface area contributed by atoms with Crippen LogP contribution >= 0.6 is 24.0 Å². The van der Waals surface area contributed by atoms with E-state index in [1.807, 2.05) is 20.8 Å². The van der Waals surface area contributed by atoms with Crippen molar-refractivity contribution in [3.8, 4) is 6.07 Å². The molecular formula is C21H26N4O3S2. The lowest BCUT2D eigenvalue weighted by atomic mass is 10.0. The molecule has 0 aromatic carbocycles. The Morgan fingerprint density at radius 3 is 2.43 bits per heavy atom. The predicted octanol–water partition coefficient (Wildman–Crippen LogP) is 2.88. The number of rotatable bonds is 4. The summed E-state index contributed by atoms with van der Waals surface area (Å²) < 4.78 is 8.05. The van der Waals surface area contributed by atoms with Gasteiger partial charge in [0.1, 0.15) is 21.8 Å². The quantitative estimate of drug-likeness (QED) is 0.520.